The summed E-state index contributed by atoms with van der Waals surface area (Å²) < 4.78 is 32.3. The minimum Gasteiger partial charge on any atom is -0.292 e. The number of fused-ring (bicyclic) bond motifs is 14. The molecule has 250 valence electrons. The molecule has 4 nitrogen and oxygen atoms in total. The van der Waals surface area contributed by atoms with E-state index in [1.165, 1.54) is 0 Å². The van der Waals surface area contributed by atoms with Crippen molar-refractivity contribution in [3.63, 3.8) is 0 Å². The molecule has 2 aliphatic rings. The Morgan fingerprint density at radius 2 is 1.13 bits per heavy atom. The molecule has 1 unspecified atom stereocenters. The van der Waals surface area contributed by atoms with Crippen LogP contribution in [-0.2, 0) is 15.3 Å². The molecular weight excluding hydrogens is 669 g/mol. The molecule has 8 aromatic carbocycles. The van der Waals surface area contributed by atoms with Crippen molar-refractivity contribution in [3.05, 3.63) is 204 Å². The molecule has 0 amide bonds. The lowest BCUT2D eigenvalue weighted by molar-refractivity contribution is 0.581. The van der Waals surface area contributed by atoms with Gasteiger partial charge in [0.05, 0.1) is 26.2 Å². The average Bonchev–Trinajstić information content (AvgIpc) is 3.57. The SMILES string of the molecule is O=S1(=O)c2ccccc2C2(c3ccccc3-c3ccccc3-c3ccc(-c4nc5ccccc5n4-c4ccccc4)cc32)c2ccc3ccccc3c21. The summed E-state index contributed by atoms with van der Waals surface area (Å²) >= 11 is 0. The van der Waals surface area contributed by atoms with Crippen LogP contribution < -0.4 is 0 Å². The second kappa shape index (κ2) is 11.0. The van der Waals surface area contributed by atoms with E-state index in [1.54, 1.807) is 6.07 Å². The molecule has 0 saturated heterocycles. The van der Waals surface area contributed by atoms with Crippen molar-refractivity contribution in [2.75, 3.05) is 0 Å². The van der Waals surface area contributed by atoms with E-state index in [-0.39, 0.29) is 0 Å². The van der Waals surface area contributed by atoms with Crippen molar-refractivity contribution in [1.82, 2.24) is 9.55 Å². The number of benzene rings is 8. The van der Waals surface area contributed by atoms with Gasteiger partial charge >= 0.3 is 0 Å². The van der Waals surface area contributed by atoms with E-state index in [0.29, 0.717) is 9.79 Å². The fourth-order valence-corrected chi connectivity index (χ4v) is 11.1. The van der Waals surface area contributed by atoms with Gasteiger partial charge in [0, 0.05) is 16.6 Å². The Kier molecular flexibility index (Phi) is 6.23. The molecule has 11 rings (SSSR count). The fraction of sp³-hybridized carbons (Fsp3) is 0.0208. The van der Waals surface area contributed by atoms with Crippen molar-refractivity contribution < 1.29 is 8.42 Å². The van der Waals surface area contributed by atoms with Crippen LogP contribution in [0, 0.1) is 0 Å². The van der Waals surface area contributed by atoms with E-state index in [0.717, 1.165) is 83.4 Å². The molecular formula is C48H30N2O2S. The average molecular weight is 699 g/mol. The normalized spacial score (nSPS) is 16.3. The number of rotatable bonds is 2. The molecule has 1 aromatic heterocycles. The number of imidazole rings is 1. The predicted octanol–water partition coefficient (Wildman–Crippen LogP) is 11.0. The van der Waals surface area contributed by atoms with Gasteiger partial charge in [0.2, 0.25) is 9.84 Å². The minimum atomic E-state index is -3.93. The fourth-order valence-electron chi connectivity index (χ4n) is 9.10. The Bertz CT molecular complexity index is 3090. The molecule has 5 heteroatoms. The van der Waals surface area contributed by atoms with Crippen molar-refractivity contribution in [3.8, 4) is 39.3 Å². The first-order valence-corrected chi connectivity index (χ1v) is 19.3. The number of nitrogens with zero attached hydrogens (tertiary/aromatic N) is 2. The minimum absolute atomic E-state index is 0.331. The maximum absolute atomic E-state index is 15.0. The van der Waals surface area contributed by atoms with Gasteiger partial charge in [-0.3, -0.25) is 4.57 Å². The Balaban J connectivity index is 1.36. The van der Waals surface area contributed by atoms with Crippen LogP contribution in [0.1, 0.15) is 22.3 Å². The summed E-state index contributed by atoms with van der Waals surface area (Å²) in [6, 6.07) is 62.0. The van der Waals surface area contributed by atoms with E-state index >= 15 is 8.42 Å². The van der Waals surface area contributed by atoms with Crippen LogP contribution >= 0.6 is 0 Å². The molecule has 9 aromatic rings. The van der Waals surface area contributed by atoms with Crippen LogP contribution in [0.5, 0.6) is 0 Å². The van der Waals surface area contributed by atoms with Crippen LogP contribution in [0.2, 0.25) is 0 Å². The first-order chi connectivity index (χ1) is 26.1. The number of hydrogen-bond donors (Lipinski definition) is 0. The standard InChI is InChI=1S/C48H30N2O2S/c51-53(52)45-25-13-10-22-40(45)48(41-29-27-31-14-4-5-17-34(31)46(41)53)39-21-9-8-20-37(39)35-18-6-7-19-36(35)38-28-26-32(30-42(38)48)47-49-43-23-11-12-24-44(43)50(47)33-15-2-1-3-16-33/h1-30H. The number of aromatic nitrogens is 2. The van der Waals surface area contributed by atoms with Crippen LogP contribution in [0.3, 0.4) is 0 Å². The van der Waals surface area contributed by atoms with Crippen molar-refractivity contribution in [2.45, 2.75) is 15.2 Å². The lowest BCUT2D eigenvalue weighted by Crippen LogP contribution is -2.38. The molecule has 0 fully saturated rings. The Morgan fingerprint density at radius 3 is 1.96 bits per heavy atom. The van der Waals surface area contributed by atoms with Gasteiger partial charge in [-0.05, 0) is 86.3 Å². The molecule has 1 spiro atoms. The zero-order chi connectivity index (χ0) is 35.3. The molecule has 0 radical (unpaired) electrons. The number of para-hydroxylation sites is 3. The summed E-state index contributed by atoms with van der Waals surface area (Å²) in [5.41, 5.74) is 10.8. The topological polar surface area (TPSA) is 52.0 Å². The lowest BCUT2D eigenvalue weighted by Gasteiger charge is -2.43. The molecule has 53 heavy (non-hydrogen) atoms. The van der Waals surface area contributed by atoms with Gasteiger partial charge in [-0.1, -0.05) is 146 Å². The number of hydrogen-bond acceptors (Lipinski definition) is 3. The van der Waals surface area contributed by atoms with Gasteiger partial charge in [-0.2, -0.15) is 0 Å². The van der Waals surface area contributed by atoms with E-state index < -0.39 is 15.3 Å². The number of sulfone groups is 1. The molecule has 2 heterocycles. The zero-order valence-electron chi connectivity index (χ0n) is 28.4. The molecule has 1 aliphatic heterocycles. The Labute approximate surface area is 307 Å². The molecule has 0 bridgehead atoms. The van der Waals surface area contributed by atoms with Gasteiger partial charge in [0.25, 0.3) is 0 Å². The predicted molar refractivity (Wildman–Crippen MR) is 212 cm³/mol. The monoisotopic (exact) mass is 698 g/mol. The van der Waals surface area contributed by atoms with E-state index in [4.69, 9.17) is 4.98 Å². The van der Waals surface area contributed by atoms with E-state index in [9.17, 15) is 0 Å². The highest BCUT2D eigenvalue weighted by Gasteiger charge is 2.52. The summed E-state index contributed by atoms with van der Waals surface area (Å²) in [4.78, 5) is 5.97. The van der Waals surface area contributed by atoms with Crippen molar-refractivity contribution >= 4 is 31.6 Å². The van der Waals surface area contributed by atoms with E-state index in [2.05, 4.69) is 120 Å². The van der Waals surface area contributed by atoms with Gasteiger partial charge in [0.1, 0.15) is 5.82 Å². The van der Waals surface area contributed by atoms with Crippen molar-refractivity contribution in [1.29, 1.82) is 0 Å². The zero-order valence-corrected chi connectivity index (χ0v) is 29.3. The highest BCUT2D eigenvalue weighted by atomic mass is 32.2. The van der Waals surface area contributed by atoms with Gasteiger partial charge in [-0.25, -0.2) is 13.4 Å². The smallest absolute Gasteiger partial charge is 0.207 e. The molecule has 1 aliphatic carbocycles. The maximum Gasteiger partial charge on any atom is 0.207 e. The third kappa shape index (κ3) is 4.00. The third-order valence-electron chi connectivity index (χ3n) is 11.2. The molecule has 1 atom stereocenters. The lowest BCUT2D eigenvalue weighted by atomic mass is 9.62. The highest BCUT2D eigenvalue weighted by Crippen LogP contribution is 2.60. The summed E-state index contributed by atoms with van der Waals surface area (Å²) in [5, 5.41) is 1.61. The van der Waals surface area contributed by atoms with E-state index in [1.807, 2.05) is 60.7 Å². The molecule has 0 N–H and O–H groups in total. The second-order valence-electron chi connectivity index (χ2n) is 13.9. The highest BCUT2D eigenvalue weighted by molar-refractivity contribution is 7.92. The third-order valence-corrected chi connectivity index (χ3v) is 13.1. The first kappa shape index (κ1) is 30.1. The second-order valence-corrected chi connectivity index (χ2v) is 15.7. The maximum atomic E-state index is 15.0. The summed E-state index contributed by atoms with van der Waals surface area (Å²) in [6.45, 7) is 0. The van der Waals surface area contributed by atoms with Crippen LogP contribution in [-0.4, -0.2) is 18.0 Å². The summed E-state index contributed by atoms with van der Waals surface area (Å²) in [7, 11) is -3.93. The van der Waals surface area contributed by atoms with Gasteiger partial charge < -0.3 is 0 Å². The molecule has 0 saturated carbocycles. The van der Waals surface area contributed by atoms with Gasteiger partial charge in [-0.15, -0.1) is 0 Å². The first-order valence-electron chi connectivity index (χ1n) is 17.8. The quantitative estimate of drug-likeness (QED) is 0.181. The largest absolute Gasteiger partial charge is 0.292 e. The van der Waals surface area contributed by atoms with Crippen molar-refractivity contribution in [2.24, 2.45) is 0 Å². The Morgan fingerprint density at radius 1 is 0.491 bits per heavy atom. The van der Waals surface area contributed by atoms with Crippen LogP contribution in [0.15, 0.2) is 192 Å². The van der Waals surface area contributed by atoms with Crippen LogP contribution in [0.4, 0.5) is 0 Å². The summed E-state index contributed by atoms with van der Waals surface area (Å²) in [5.74, 6) is 0.816. The van der Waals surface area contributed by atoms with Crippen LogP contribution in [0.25, 0.3) is 61.1 Å². The Hall–Kier alpha value is -6.56. The summed E-state index contributed by atoms with van der Waals surface area (Å²) in [6.07, 6.45) is 0. The van der Waals surface area contributed by atoms with Gasteiger partial charge in [0.15, 0.2) is 0 Å².